The summed E-state index contributed by atoms with van der Waals surface area (Å²) in [4.78, 5) is 11.5. The molecule has 100 valence electrons. The number of rotatable bonds is 2. The van der Waals surface area contributed by atoms with Gasteiger partial charge in [-0.3, -0.25) is 4.79 Å². The fourth-order valence-electron chi connectivity index (χ4n) is 2.47. The molecule has 0 bridgehead atoms. The minimum Gasteiger partial charge on any atom is -0.488 e. The molecule has 0 heterocycles. The molecule has 0 radical (unpaired) electrons. The van der Waals surface area contributed by atoms with Crippen LogP contribution in [-0.2, 0) is 10.2 Å². The van der Waals surface area contributed by atoms with Crippen LogP contribution in [0.1, 0.15) is 45.6 Å². The summed E-state index contributed by atoms with van der Waals surface area (Å²) in [5, 5.41) is 9.41. The lowest BCUT2D eigenvalue weighted by molar-refractivity contribution is -0.117. The normalized spacial score (nSPS) is 23.2. The summed E-state index contributed by atoms with van der Waals surface area (Å²) in [6, 6.07) is 9.90. The molecule has 0 aromatic heterocycles. The number of ether oxygens (including phenoxy) is 1. The van der Waals surface area contributed by atoms with E-state index < -0.39 is 5.41 Å². The first-order valence-corrected chi connectivity index (χ1v) is 6.57. The molecular formula is C16H19NO2. The number of carbonyl (C=O) groups excluding carboxylic acids is 1. The minimum atomic E-state index is -0.628. The average molecular weight is 257 g/mol. The molecule has 1 unspecified atom stereocenters. The van der Waals surface area contributed by atoms with Crippen LogP contribution in [0.2, 0.25) is 0 Å². The smallest absolute Gasteiger partial charge is 0.134 e. The lowest BCUT2D eigenvalue weighted by Crippen LogP contribution is -2.23. The Bertz CT molecular complexity index is 519. The highest BCUT2D eigenvalue weighted by Gasteiger charge is 2.40. The van der Waals surface area contributed by atoms with Gasteiger partial charge < -0.3 is 4.74 Å². The van der Waals surface area contributed by atoms with Crippen molar-refractivity contribution in [3.05, 3.63) is 29.8 Å². The van der Waals surface area contributed by atoms with E-state index in [4.69, 9.17) is 4.74 Å². The van der Waals surface area contributed by atoms with Gasteiger partial charge in [-0.2, -0.15) is 5.26 Å². The molecule has 1 aromatic carbocycles. The first-order valence-electron chi connectivity index (χ1n) is 6.57. The monoisotopic (exact) mass is 257 g/mol. The first kappa shape index (κ1) is 13.6. The van der Waals surface area contributed by atoms with E-state index in [1.165, 1.54) is 0 Å². The Kier molecular flexibility index (Phi) is 3.36. The van der Waals surface area contributed by atoms with Crippen LogP contribution in [0.4, 0.5) is 0 Å². The lowest BCUT2D eigenvalue weighted by Gasteiger charge is -2.23. The van der Waals surface area contributed by atoms with Crippen LogP contribution in [0.25, 0.3) is 0 Å². The van der Waals surface area contributed by atoms with E-state index >= 15 is 0 Å². The number of benzene rings is 1. The molecule has 0 aliphatic heterocycles. The highest BCUT2D eigenvalue weighted by Crippen LogP contribution is 2.39. The van der Waals surface area contributed by atoms with Crippen LogP contribution in [0.5, 0.6) is 5.75 Å². The number of ketones is 1. The van der Waals surface area contributed by atoms with Gasteiger partial charge in [0.25, 0.3) is 0 Å². The van der Waals surface area contributed by atoms with E-state index in [1.807, 2.05) is 45.0 Å². The molecule has 1 saturated carbocycles. The van der Waals surface area contributed by atoms with Crippen molar-refractivity contribution < 1.29 is 9.53 Å². The van der Waals surface area contributed by atoms with E-state index in [2.05, 4.69) is 6.07 Å². The van der Waals surface area contributed by atoms with Crippen molar-refractivity contribution in [2.24, 2.45) is 0 Å². The number of hydrogen-bond acceptors (Lipinski definition) is 3. The Balaban J connectivity index is 2.23. The molecule has 3 nitrogen and oxygen atoms in total. The van der Waals surface area contributed by atoms with E-state index in [0.29, 0.717) is 19.3 Å². The van der Waals surface area contributed by atoms with E-state index in [9.17, 15) is 10.1 Å². The maximum absolute atomic E-state index is 11.5. The van der Waals surface area contributed by atoms with Gasteiger partial charge >= 0.3 is 0 Å². The number of nitrogens with zero attached hydrogens (tertiary/aromatic N) is 1. The van der Waals surface area contributed by atoms with Crippen molar-refractivity contribution in [1.29, 1.82) is 5.26 Å². The molecular weight excluding hydrogens is 238 g/mol. The van der Waals surface area contributed by atoms with Gasteiger partial charge in [-0.05, 0) is 44.9 Å². The molecule has 0 spiro atoms. The molecule has 1 fully saturated rings. The topological polar surface area (TPSA) is 50.1 Å². The Hall–Kier alpha value is -1.82. The number of nitriles is 1. The van der Waals surface area contributed by atoms with Gasteiger partial charge in [0.1, 0.15) is 17.1 Å². The molecule has 0 saturated heterocycles. The van der Waals surface area contributed by atoms with E-state index in [1.54, 1.807) is 0 Å². The Morgan fingerprint density at radius 2 is 1.89 bits per heavy atom. The maximum atomic E-state index is 11.5. The third-order valence-corrected chi connectivity index (χ3v) is 3.37. The van der Waals surface area contributed by atoms with Crippen LogP contribution >= 0.6 is 0 Å². The Labute approximate surface area is 114 Å². The Morgan fingerprint density at radius 3 is 2.32 bits per heavy atom. The molecule has 3 heteroatoms. The summed E-state index contributed by atoms with van der Waals surface area (Å²) in [5.74, 6) is 0.963. The maximum Gasteiger partial charge on any atom is 0.134 e. The predicted octanol–water partition coefficient (Wildman–Crippen LogP) is 3.38. The van der Waals surface area contributed by atoms with Gasteiger partial charge in [-0.25, -0.2) is 0 Å². The molecule has 0 amide bonds. The van der Waals surface area contributed by atoms with Gasteiger partial charge in [0, 0.05) is 12.8 Å². The van der Waals surface area contributed by atoms with Crippen LogP contribution < -0.4 is 4.74 Å². The van der Waals surface area contributed by atoms with Gasteiger partial charge in [-0.15, -0.1) is 0 Å². The molecule has 1 aromatic rings. The predicted molar refractivity (Wildman–Crippen MR) is 73.0 cm³/mol. The summed E-state index contributed by atoms with van der Waals surface area (Å²) >= 11 is 0. The van der Waals surface area contributed by atoms with Crippen LogP contribution in [-0.4, -0.2) is 11.4 Å². The Morgan fingerprint density at radius 1 is 1.26 bits per heavy atom. The summed E-state index contributed by atoms with van der Waals surface area (Å²) < 4.78 is 5.76. The number of carbonyl (C=O) groups is 1. The van der Waals surface area contributed by atoms with Crippen LogP contribution in [0.15, 0.2) is 24.3 Å². The van der Waals surface area contributed by atoms with E-state index in [-0.39, 0.29) is 11.4 Å². The fourth-order valence-corrected chi connectivity index (χ4v) is 2.47. The van der Waals surface area contributed by atoms with Crippen molar-refractivity contribution in [2.45, 2.75) is 51.0 Å². The van der Waals surface area contributed by atoms with Gasteiger partial charge in [0.05, 0.1) is 11.5 Å². The molecule has 1 aliphatic rings. The third kappa shape index (κ3) is 2.96. The summed E-state index contributed by atoms with van der Waals surface area (Å²) in [7, 11) is 0. The molecule has 19 heavy (non-hydrogen) atoms. The lowest BCUT2D eigenvalue weighted by atomic mass is 9.80. The van der Waals surface area contributed by atoms with Crippen LogP contribution in [0.3, 0.4) is 0 Å². The quantitative estimate of drug-likeness (QED) is 0.816. The molecule has 2 rings (SSSR count). The number of Topliss-reactive ketones (excluding diaryl/α,β-unsaturated/α-hetero) is 1. The molecule has 1 atom stereocenters. The summed E-state index contributed by atoms with van der Waals surface area (Å²) in [6.07, 6.45) is 1.47. The van der Waals surface area contributed by atoms with Crippen molar-refractivity contribution in [3.63, 3.8) is 0 Å². The van der Waals surface area contributed by atoms with Crippen molar-refractivity contribution >= 4 is 5.78 Å². The van der Waals surface area contributed by atoms with Gasteiger partial charge in [0.2, 0.25) is 0 Å². The largest absolute Gasteiger partial charge is 0.488 e. The zero-order valence-corrected chi connectivity index (χ0v) is 11.7. The summed E-state index contributed by atoms with van der Waals surface area (Å²) in [6.45, 7) is 5.98. The second-order valence-electron chi connectivity index (χ2n) is 6.15. The first-order chi connectivity index (χ1) is 8.85. The average Bonchev–Trinajstić information content (AvgIpc) is 2.71. The third-order valence-electron chi connectivity index (χ3n) is 3.37. The van der Waals surface area contributed by atoms with Gasteiger partial charge in [0.15, 0.2) is 0 Å². The van der Waals surface area contributed by atoms with Crippen molar-refractivity contribution in [3.8, 4) is 11.8 Å². The zero-order valence-electron chi connectivity index (χ0n) is 11.7. The molecule has 1 aliphatic carbocycles. The van der Waals surface area contributed by atoms with Crippen molar-refractivity contribution in [2.75, 3.05) is 0 Å². The SMILES string of the molecule is CC(C)(C)Oc1ccc(C2(C#N)CCC(=O)C2)cc1. The second-order valence-corrected chi connectivity index (χ2v) is 6.15. The number of hydrogen-bond donors (Lipinski definition) is 0. The van der Waals surface area contributed by atoms with E-state index in [0.717, 1.165) is 11.3 Å². The second kappa shape index (κ2) is 4.70. The van der Waals surface area contributed by atoms with Gasteiger partial charge in [-0.1, -0.05) is 12.1 Å². The zero-order chi connectivity index (χ0) is 14.1. The van der Waals surface area contributed by atoms with Crippen LogP contribution in [0, 0.1) is 11.3 Å². The minimum absolute atomic E-state index is 0.177. The standard InChI is InChI=1S/C16H19NO2/c1-15(2,3)19-14-6-4-12(5-7-14)16(11-17)9-8-13(18)10-16/h4-7H,8-10H2,1-3H3. The van der Waals surface area contributed by atoms with Crippen molar-refractivity contribution in [1.82, 2.24) is 0 Å². The molecule has 0 N–H and O–H groups in total. The summed E-state index contributed by atoms with van der Waals surface area (Å²) in [5.41, 5.74) is 0.0526. The fraction of sp³-hybridized carbons (Fsp3) is 0.500. The highest BCUT2D eigenvalue weighted by molar-refractivity contribution is 5.83. The highest BCUT2D eigenvalue weighted by atomic mass is 16.5.